The van der Waals surface area contributed by atoms with Gasteiger partial charge in [0.15, 0.2) is 5.60 Å². The van der Waals surface area contributed by atoms with Crippen molar-refractivity contribution >= 4 is 23.0 Å². The van der Waals surface area contributed by atoms with Crippen molar-refractivity contribution in [1.82, 2.24) is 0 Å². The van der Waals surface area contributed by atoms with E-state index in [9.17, 15) is 4.79 Å². The molecule has 0 amide bonds. The van der Waals surface area contributed by atoms with Crippen LogP contribution < -0.4 is 14.5 Å². The van der Waals surface area contributed by atoms with Gasteiger partial charge in [0.25, 0.3) is 0 Å². The number of carbonyl (C=O) groups is 1. The van der Waals surface area contributed by atoms with Crippen LogP contribution in [0.15, 0.2) is 84.9 Å². The lowest BCUT2D eigenvalue weighted by molar-refractivity contribution is 0.0224. The summed E-state index contributed by atoms with van der Waals surface area (Å²) in [5.74, 6) is 1.78. The highest BCUT2D eigenvalue weighted by Gasteiger charge is 2.53. The van der Waals surface area contributed by atoms with Crippen molar-refractivity contribution in [2.24, 2.45) is 5.92 Å². The maximum atomic E-state index is 13.4. The fourth-order valence-electron chi connectivity index (χ4n) is 6.70. The SMILES string of the molecule is CCN(CCC(C)C)c1ccc2c(c1)Oc1ccc(N3CCCc4ccccc43)cc1C21OC(=O)c2ccccc21. The molecule has 0 fully saturated rings. The monoisotopic (exact) mass is 544 g/mol. The summed E-state index contributed by atoms with van der Waals surface area (Å²) in [6.07, 6.45) is 3.28. The van der Waals surface area contributed by atoms with Crippen molar-refractivity contribution in [2.45, 2.75) is 45.6 Å². The second-order valence-electron chi connectivity index (χ2n) is 11.7. The van der Waals surface area contributed by atoms with Crippen LogP contribution in [0.4, 0.5) is 17.1 Å². The predicted molar refractivity (Wildman–Crippen MR) is 164 cm³/mol. The molecule has 1 spiro atoms. The van der Waals surface area contributed by atoms with Gasteiger partial charge in [-0.2, -0.15) is 0 Å². The molecule has 3 aliphatic rings. The number of rotatable bonds is 6. The topological polar surface area (TPSA) is 42.0 Å². The minimum Gasteiger partial charge on any atom is -0.456 e. The van der Waals surface area contributed by atoms with Crippen LogP contribution in [0, 0.1) is 5.92 Å². The highest BCUT2D eigenvalue weighted by atomic mass is 16.6. The largest absolute Gasteiger partial charge is 0.456 e. The Morgan fingerprint density at radius 2 is 1.73 bits per heavy atom. The van der Waals surface area contributed by atoms with Crippen molar-refractivity contribution in [3.05, 3.63) is 113 Å². The van der Waals surface area contributed by atoms with Crippen molar-refractivity contribution in [3.8, 4) is 11.5 Å². The minimum absolute atomic E-state index is 0.302. The second kappa shape index (κ2) is 9.99. The Bertz CT molecular complexity index is 1640. The minimum atomic E-state index is -1.07. The van der Waals surface area contributed by atoms with Gasteiger partial charge >= 0.3 is 5.97 Å². The average Bonchev–Trinajstić information content (AvgIpc) is 3.29. The summed E-state index contributed by atoms with van der Waals surface area (Å²) in [5.41, 5.74) is 6.91. The summed E-state index contributed by atoms with van der Waals surface area (Å²) in [5, 5.41) is 0. The fourth-order valence-corrected chi connectivity index (χ4v) is 6.70. The molecule has 0 aliphatic carbocycles. The van der Waals surface area contributed by atoms with Crippen LogP contribution in [0.3, 0.4) is 0 Å². The number of hydrogen-bond donors (Lipinski definition) is 0. The second-order valence-corrected chi connectivity index (χ2v) is 11.7. The zero-order valence-electron chi connectivity index (χ0n) is 24.0. The van der Waals surface area contributed by atoms with Crippen LogP contribution in [0.2, 0.25) is 0 Å². The number of para-hydroxylation sites is 1. The van der Waals surface area contributed by atoms with Gasteiger partial charge in [-0.15, -0.1) is 0 Å². The van der Waals surface area contributed by atoms with Gasteiger partial charge in [0, 0.05) is 59.5 Å². The van der Waals surface area contributed by atoms with E-state index in [1.165, 1.54) is 11.3 Å². The summed E-state index contributed by atoms with van der Waals surface area (Å²) in [4.78, 5) is 18.2. The Labute approximate surface area is 242 Å². The maximum Gasteiger partial charge on any atom is 0.340 e. The van der Waals surface area contributed by atoms with Crippen LogP contribution in [0.1, 0.15) is 66.2 Å². The zero-order chi connectivity index (χ0) is 28.1. The Morgan fingerprint density at radius 3 is 2.59 bits per heavy atom. The van der Waals surface area contributed by atoms with Crippen molar-refractivity contribution in [1.29, 1.82) is 0 Å². The summed E-state index contributed by atoms with van der Waals surface area (Å²) in [6, 6.07) is 29.1. The average molecular weight is 545 g/mol. The van der Waals surface area contributed by atoms with Gasteiger partial charge in [0.05, 0.1) is 5.56 Å². The number of benzene rings is 4. The molecule has 0 N–H and O–H groups in total. The lowest BCUT2D eigenvalue weighted by Crippen LogP contribution is -2.34. The van der Waals surface area contributed by atoms with E-state index in [4.69, 9.17) is 9.47 Å². The molecule has 0 bridgehead atoms. The Morgan fingerprint density at radius 1 is 0.902 bits per heavy atom. The summed E-state index contributed by atoms with van der Waals surface area (Å²) >= 11 is 0. The number of anilines is 3. The molecule has 4 aromatic carbocycles. The molecule has 208 valence electrons. The molecule has 3 aliphatic heterocycles. The third-order valence-corrected chi connectivity index (χ3v) is 8.82. The van der Waals surface area contributed by atoms with Gasteiger partial charge in [-0.05, 0) is 80.1 Å². The maximum absolute atomic E-state index is 13.4. The Kier molecular flexibility index (Phi) is 6.26. The summed E-state index contributed by atoms with van der Waals surface area (Å²) < 4.78 is 13.1. The van der Waals surface area contributed by atoms with Gasteiger partial charge in [0.2, 0.25) is 0 Å². The van der Waals surface area contributed by atoms with Crippen LogP contribution in [-0.2, 0) is 16.8 Å². The quantitative estimate of drug-likeness (QED) is 0.229. The molecule has 3 heterocycles. The number of fused-ring (bicyclic) bond motifs is 7. The molecule has 1 unspecified atom stereocenters. The molecular weight excluding hydrogens is 508 g/mol. The van der Waals surface area contributed by atoms with E-state index in [0.717, 1.165) is 78.5 Å². The number of hydrogen-bond acceptors (Lipinski definition) is 5. The lowest BCUT2D eigenvalue weighted by Gasteiger charge is -2.38. The van der Waals surface area contributed by atoms with E-state index in [-0.39, 0.29) is 5.97 Å². The Balaban J connectivity index is 1.39. The molecular formula is C36H36N2O3. The van der Waals surface area contributed by atoms with E-state index in [0.29, 0.717) is 11.5 Å². The van der Waals surface area contributed by atoms with E-state index >= 15 is 0 Å². The third kappa shape index (κ3) is 4.09. The molecule has 0 saturated carbocycles. The highest BCUT2D eigenvalue weighted by Crippen LogP contribution is 2.57. The van der Waals surface area contributed by atoms with Crippen molar-refractivity contribution < 1.29 is 14.3 Å². The normalized spacial score (nSPS) is 18.3. The van der Waals surface area contributed by atoms with E-state index < -0.39 is 5.60 Å². The van der Waals surface area contributed by atoms with Gasteiger partial charge in [-0.3, -0.25) is 0 Å². The number of carbonyl (C=O) groups excluding carboxylic acids is 1. The molecule has 4 aromatic rings. The van der Waals surface area contributed by atoms with Crippen molar-refractivity contribution in [3.63, 3.8) is 0 Å². The smallest absolute Gasteiger partial charge is 0.340 e. The molecule has 7 rings (SSSR count). The van der Waals surface area contributed by atoms with Gasteiger partial charge in [-0.1, -0.05) is 50.2 Å². The number of ether oxygens (including phenoxy) is 2. The van der Waals surface area contributed by atoms with Crippen LogP contribution in [-0.4, -0.2) is 25.6 Å². The highest BCUT2D eigenvalue weighted by molar-refractivity contribution is 5.97. The first-order valence-electron chi connectivity index (χ1n) is 14.9. The lowest BCUT2D eigenvalue weighted by atomic mass is 9.77. The van der Waals surface area contributed by atoms with E-state index in [2.05, 4.69) is 85.2 Å². The van der Waals surface area contributed by atoms with Crippen LogP contribution in [0.5, 0.6) is 11.5 Å². The van der Waals surface area contributed by atoms with Gasteiger partial charge < -0.3 is 19.3 Å². The number of aryl methyl sites for hydroxylation is 1. The predicted octanol–water partition coefficient (Wildman–Crippen LogP) is 8.21. The standard InChI is InChI=1S/C36H36N2O3/c1-4-37(21-19-24(2)3)26-15-17-30-34(23-26)40-33-18-16-27(38-20-9-11-25-10-5-8-14-32(25)38)22-31(33)36(30)29-13-7-6-12-28(29)35(39)41-36/h5-8,10,12-18,22-24H,4,9,11,19-21H2,1-3H3. The molecule has 0 saturated heterocycles. The molecule has 5 heteroatoms. The van der Waals surface area contributed by atoms with Gasteiger partial charge in [-0.25, -0.2) is 4.79 Å². The molecule has 41 heavy (non-hydrogen) atoms. The first-order chi connectivity index (χ1) is 20.0. The Hall–Kier alpha value is -4.25. The fraction of sp³-hybridized carbons (Fsp3) is 0.306. The zero-order valence-corrected chi connectivity index (χ0v) is 24.0. The molecule has 1 atom stereocenters. The molecule has 0 aromatic heterocycles. The number of esters is 1. The first-order valence-corrected chi connectivity index (χ1v) is 14.9. The van der Waals surface area contributed by atoms with E-state index in [1.807, 2.05) is 30.3 Å². The van der Waals surface area contributed by atoms with Crippen LogP contribution >= 0.6 is 0 Å². The van der Waals surface area contributed by atoms with Gasteiger partial charge in [0.1, 0.15) is 11.5 Å². The van der Waals surface area contributed by atoms with Crippen molar-refractivity contribution in [2.75, 3.05) is 29.4 Å². The molecule has 0 radical (unpaired) electrons. The molecule has 5 nitrogen and oxygen atoms in total. The summed E-state index contributed by atoms with van der Waals surface area (Å²) in [7, 11) is 0. The number of nitrogens with zero attached hydrogens (tertiary/aromatic N) is 2. The third-order valence-electron chi connectivity index (χ3n) is 8.82. The van der Waals surface area contributed by atoms with Crippen LogP contribution in [0.25, 0.3) is 0 Å². The summed E-state index contributed by atoms with van der Waals surface area (Å²) in [6.45, 7) is 9.52. The van der Waals surface area contributed by atoms with E-state index in [1.54, 1.807) is 0 Å². The first kappa shape index (κ1) is 25.7.